The first kappa shape index (κ1) is 18.8. The average molecular weight is 367 g/mol. The molecule has 0 aliphatic carbocycles. The van der Waals surface area contributed by atoms with Crippen LogP contribution in [0.15, 0.2) is 48.5 Å². The highest BCUT2D eigenvalue weighted by atomic mass is 16.5. The van der Waals surface area contributed by atoms with Crippen LogP contribution in [0.2, 0.25) is 0 Å². The highest BCUT2D eigenvalue weighted by Gasteiger charge is 2.32. The molecule has 0 saturated heterocycles. The smallest absolute Gasteiger partial charge is 0.262 e. The zero-order valence-electron chi connectivity index (χ0n) is 15.9. The Balaban J connectivity index is 1.72. The van der Waals surface area contributed by atoms with Gasteiger partial charge in [-0.2, -0.15) is 0 Å². The van der Waals surface area contributed by atoms with Gasteiger partial charge in [-0.25, -0.2) is 0 Å². The van der Waals surface area contributed by atoms with Crippen LogP contribution in [0.25, 0.3) is 0 Å². The Morgan fingerprint density at radius 3 is 2.52 bits per heavy atom. The summed E-state index contributed by atoms with van der Waals surface area (Å²) in [5.74, 6) is 0.305. The molecule has 1 heterocycles. The number of likely N-dealkylation sites (N-methyl/N-ethyl adjacent to an activating group) is 1. The van der Waals surface area contributed by atoms with Gasteiger partial charge in [0, 0.05) is 33.3 Å². The first-order valence-electron chi connectivity index (χ1n) is 9.03. The van der Waals surface area contributed by atoms with Gasteiger partial charge in [-0.1, -0.05) is 24.3 Å². The number of carbonyl (C=O) groups excluding carboxylic acids is 2. The zero-order valence-corrected chi connectivity index (χ0v) is 15.9. The Morgan fingerprint density at radius 2 is 1.85 bits per heavy atom. The van der Waals surface area contributed by atoms with Crippen LogP contribution in [-0.2, 0) is 16.0 Å². The lowest BCUT2D eigenvalue weighted by Gasteiger charge is -2.34. The normalized spacial score (nSPS) is 15.5. The van der Waals surface area contributed by atoms with Crippen molar-refractivity contribution >= 4 is 23.2 Å². The molecule has 3 rings (SSSR count). The predicted molar refractivity (Wildman–Crippen MR) is 106 cm³/mol. The minimum Gasteiger partial charge on any atom is -0.477 e. The number of fused-ring (bicyclic) bond motifs is 1. The number of carbonyl (C=O) groups is 2. The van der Waals surface area contributed by atoms with Crippen molar-refractivity contribution < 1.29 is 14.3 Å². The van der Waals surface area contributed by atoms with Gasteiger partial charge < -0.3 is 19.9 Å². The highest BCUT2D eigenvalue weighted by Crippen LogP contribution is 2.33. The van der Waals surface area contributed by atoms with E-state index in [4.69, 9.17) is 4.74 Å². The molecule has 0 aromatic heterocycles. The molecule has 142 valence electrons. The van der Waals surface area contributed by atoms with Crippen LogP contribution in [0, 0.1) is 0 Å². The molecule has 0 bridgehead atoms. The number of aryl methyl sites for hydroxylation is 1. The summed E-state index contributed by atoms with van der Waals surface area (Å²) in [6.45, 7) is 0.217. The SMILES string of the molecule is CNC(=O)C1CN(C(=O)CCc2ccc(N(C)C)cc2)c2ccccc2O1. The fourth-order valence-corrected chi connectivity index (χ4v) is 3.12. The monoisotopic (exact) mass is 367 g/mol. The quantitative estimate of drug-likeness (QED) is 0.880. The van der Waals surface area contributed by atoms with Crippen molar-refractivity contribution in [3.8, 4) is 5.75 Å². The maximum absolute atomic E-state index is 12.9. The molecule has 1 atom stereocenters. The summed E-state index contributed by atoms with van der Waals surface area (Å²) in [4.78, 5) is 28.6. The second kappa shape index (κ2) is 8.12. The molecule has 2 amide bonds. The van der Waals surface area contributed by atoms with Crippen LogP contribution >= 0.6 is 0 Å². The van der Waals surface area contributed by atoms with E-state index in [2.05, 4.69) is 5.32 Å². The molecule has 1 N–H and O–H groups in total. The minimum absolute atomic E-state index is 0.0173. The largest absolute Gasteiger partial charge is 0.477 e. The third kappa shape index (κ3) is 4.22. The summed E-state index contributed by atoms with van der Waals surface area (Å²) >= 11 is 0. The maximum Gasteiger partial charge on any atom is 0.262 e. The van der Waals surface area contributed by atoms with Crippen molar-refractivity contribution in [2.45, 2.75) is 18.9 Å². The van der Waals surface area contributed by atoms with Crippen LogP contribution in [0.5, 0.6) is 5.75 Å². The van der Waals surface area contributed by atoms with Crippen LogP contribution in [0.1, 0.15) is 12.0 Å². The Bertz CT molecular complexity index is 818. The standard InChI is InChI=1S/C21H25N3O3/c1-22-21(26)19-14-24(17-6-4-5-7-18(17)27-19)20(25)13-10-15-8-11-16(12-9-15)23(2)3/h4-9,11-12,19H,10,13-14H2,1-3H3,(H,22,26). The van der Waals surface area contributed by atoms with Gasteiger partial charge in [0.2, 0.25) is 5.91 Å². The maximum atomic E-state index is 12.9. The van der Waals surface area contributed by atoms with Crippen molar-refractivity contribution in [2.24, 2.45) is 0 Å². The topological polar surface area (TPSA) is 61.9 Å². The number of benzene rings is 2. The number of amides is 2. The van der Waals surface area contributed by atoms with E-state index in [-0.39, 0.29) is 18.4 Å². The lowest BCUT2D eigenvalue weighted by atomic mass is 10.1. The Hall–Kier alpha value is -3.02. The molecular weight excluding hydrogens is 342 g/mol. The number of hydrogen-bond acceptors (Lipinski definition) is 4. The summed E-state index contributed by atoms with van der Waals surface area (Å²) in [6.07, 6.45) is 0.320. The van der Waals surface area contributed by atoms with Gasteiger partial charge in [0.25, 0.3) is 5.91 Å². The van der Waals surface area contributed by atoms with Crippen molar-refractivity contribution in [1.82, 2.24) is 5.32 Å². The second-order valence-corrected chi connectivity index (χ2v) is 6.75. The first-order valence-corrected chi connectivity index (χ1v) is 9.03. The van der Waals surface area contributed by atoms with Gasteiger partial charge in [-0.15, -0.1) is 0 Å². The van der Waals surface area contributed by atoms with E-state index in [0.717, 1.165) is 11.3 Å². The first-order chi connectivity index (χ1) is 13.0. The number of rotatable bonds is 5. The number of ether oxygens (including phenoxy) is 1. The van der Waals surface area contributed by atoms with E-state index in [0.29, 0.717) is 24.3 Å². The third-order valence-corrected chi connectivity index (χ3v) is 4.69. The molecule has 6 heteroatoms. The van der Waals surface area contributed by atoms with Crippen LogP contribution in [0.4, 0.5) is 11.4 Å². The molecule has 1 aliphatic heterocycles. The molecule has 0 saturated carbocycles. The van der Waals surface area contributed by atoms with Gasteiger partial charge in [-0.05, 0) is 36.2 Å². The molecule has 6 nitrogen and oxygen atoms in total. The zero-order chi connectivity index (χ0) is 19.4. The highest BCUT2D eigenvalue weighted by molar-refractivity contribution is 5.97. The van der Waals surface area contributed by atoms with Crippen molar-refractivity contribution in [1.29, 1.82) is 0 Å². The number of anilines is 2. The molecule has 1 aliphatic rings. The molecule has 2 aromatic rings. The van der Waals surface area contributed by atoms with E-state index in [1.165, 1.54) is 0 Å². The summed E-state index contributed by atoms with van der Waals surface area (Å²) in [7, 11) is 5.56. The molecule has 0 radical (unpaired) electrons. The van der Waals surface area contributed by atoms with Gasteiger partial charge >= 0.3 is 0 Å². The summed E-state index contributed by atoms with van der Waals surface area (Å²) in [5.41, 5.74) is 2.95. The predicted octanol–water partition coefficient (Wildman–Crippen LogP) is 2.23. The molecule has 0 fully saturated rings. The summed E-state index contributed by atoms with van der Waals surface area (Å²) < 4.78 is 5.75. The molecule has 1 unspecified atom stereocenters. The minimum atomic E-state index is -0.701. The number of nitrogens with one attached hydrogen (secondary N) is 1. The van der Waals surface area contributed by atoms with E-state index in [9.17, 15) is 9.59 Å². The Labute approximate surface area is 159 Å². The van der Waals surface area contributed by atoms with E-state index in [1.54, 1.807) is 18.0 Å². The lowest BCUT2D eigenvalue weighted by Crippen LogP contribution is -2.50. The van der Waals surface area contributed by atoms with Crippen molar-refractivity contribution in [3.05, 3.63) is 54.1 Å². The van der Waals surface area contributed by atoms with Gasteiger partial charge in [0.15, 0.2) is 6.10 Å². The van der Waals surface area contributed by atoms with E-state index in [1.807, 2.05) is 61.5 Å². The van der Waals surface area contributed by atoms with Crippen LogP contribution in [0.3, 0.4) is 0 Å². The fraction of sp³-hybridized carbons (Fsp3) is 0.333. The summed E-state index contributed by atoms with van der Waals surface area (Å²) in [6, 6.07) is 15.5. The van der Waals surface area contributed by atoms with Gasteiger partial charge in [0.1, 0.15) is 5.75 Å². The number of nitrogens with zero attached hydrogens (tertiary/aromatic N) is 2. The van der Waals surface area contributed by atoms with Crippen molar-refractivity contribution in [3.63, 3.8) is 0 Å². The molecule has 0 spiro atoms. The van der Waals surface area contributed by atoms with E-state index < -0.39 is 6.10 Å². The average Bonchev–Trinajstić information content (AvgIpc) is 2.70. The molecule has 2 aromatic carbocycles. The molecular formula is C21H25N3O3. The molecule has 27 heavy (non-hydrogen) atoms. The van der Waals surface area contributed by atoms with E-state index >= 15 is 0 Å². The Morgan fingerprint density at radius 1 is 1.15 bits per heavy atom. The number of hydrogen-bond donors (Lipinski definition) is 1. The lowest BCUT2D eigenvalue weighted by molar-refractivity contribution is -0.127. The van der Waals surface area contributed by atoms with Crippen LogP contribution in [-0.4, -0.2) is 45.6 Å². The Kier molecular flexibility index (Phi) is 5.64. The summed E-state index contributed by atoms with van der Waals surface area (Å²) in [5, 5.41) is 2.59. The van der Waals surface area contributed by atoms with Crippen molar-refractivity contribution in [2.75, 3.05) is 37.5 Å². The van der Waals surface area contributed by atoms with Gasteiger partial charge in [0.05, 0.1) is 12.2 Å². The second-order valence-electron chi connectivity index (χ2n) is 6.75. The third-order valence-electron chi connectivity index (χ3n) is 4.69. The number of para-hydroxylation sites is 2. The van der Waals surface area contributed by atoms with Crippen LogP contribution < -0.4 is 19.9 Å². The fourth-order valence-electron chi connectivity index (χ4n) is 3.12. The van der Waals surface area contributed by atoms with Gasteiger partial charge in [-0.3, -0.25) is 9.59 Å².